The van der Waals surface area contributed by atoms with Crippen LogP contribution in [-0.2, 0) is 0 Å². The van der Waals surface area contributed by atoms with Gasteiger partial charge in [0.05, 0.1) is 12.0 Å². The zero-order valence-electron chi connectivity index (χ0n) is 19.9. The third-order valence-corrected chi connectivity index (χ3v) is 6.73. The smallest absolute Gasteiger partial charge is 0.0700 e. The van der Waals surface area contributed by atoms with Gasteiger partial charge in [0.1, 0.15) is 0 Å². The lowest BCUT2D eigenvalue weighted by molar-refractivity contribution is 0.276. The van der Waals surface area contributed by atoms with Crippen LogP contribution >= 0.6 is 0 Å². The summed E-state index contributed by atoms with van der Waals surface area (Å²) in [7, 11) is 0. The predicted molar refractivity (Wildman–Crippen MR) is 133 cm³/mol. The number of nitrogens with one attached hydrogen (secondary N) is 1. The van der Waals surface area contributed by atoms with E-state index in [-0.39, 0.29) is 23.8 Å². The standard InChI is InChI=1S/C29H42N2/c1-6-13-28(27(21-30)19-12-16-25-14-10-11-15-25)29(20-22(2)3)24(5)31-23(4)26-17-8-7-9-18-26/h6-9,12,17-19,22-23,25,27-29,31H,1,5,10-11,13-16,20H2,2-4H3/b19-12+/t23?,27?,28-,29+/m1/s1. The van der Waals surface area contributed by atoms with Crippen LogP contribution in [0.5, 0.6) is 0 Å². The Labute approximate surface area is 191 Å². The van der Waals surface area contributed by atoms with Crippen LogP contribution in [0.25, 0.3) is 0 Å². The summed E-state index contributed by atoms with van der Waals surface area (Å²) in [6.45, 7) is 15.1. The molecule has 1 aromatic carbocycles. The summed E-state index contributed by atoms with van der Waals surface area (Å²) in [6.07, 6.45) is 14.8. The molecule has 0 aromatic heterocycles. The first kappa shape index (κ1) is 25.0. The van der Waals surface area contributed by atoms with Crippen molar-refractivity contribution < 1.29 is 0 Å². The van der Waals surface area contributed by atoms with Crippen LogP contribution in [0, 0.1) is 40.9 Å². The van der Waals surface area contributed by atoms with Crippen molar-refractivity contribution in [2.45, 2.75) is 71.8 Å². The Bertz CT molecular complexity index is 734. The SMILES string of the molecule is C=CC[C@H](C(C#N)/C=C/CC1CCCC1)[C@@H](CC(C)C)C(=C)NC(C)c1ccccc1. The minimum Gasteiger partial charge on any atom is -0.382 e. The van der Waals surface area contributed by atoms with Crippen molar-refractivity contribution >= 4 is 0 Å². The van der Waals surface area contributed by atoms with Crippen molar-refractivity contribution in [1.82, 2.24) is 5.32 Å². The fourth-order valence-electron chi connectivity index (χ4n) is 4.99. The number of allylic oxidation sites excluding steroid dienone is 4. The molecule has 1 aliphatic carbocycles. The molecule has 0 amide bonds. The van der Waals surface area contributed by atoms with Gasteiger partial charge < -0.3 is 5.32 Å². The molecule has 0 heterocycles. The highest BCUT2D eigenvalue weighted by molar-refractivity contribution is 5.20. The molecule has 168 valence electrons. The van der Waals surface area contributed by atoms with E-state index in [4.69, 9.17) is 0 Å². The van der Waals surface area contributed by atoms with E-state index < -0.39 is 0 Å². The maximum atomic E-state index is 10.1. The van der Waals surface area contributed by atoms with Crippen molar-refractivity contribution in [3.8, 4) is 6.07 Å². The molecule has 2 unspecified atom stereocenters. The third-order valence-electron chi connectivity index (χ3n) is 6.73. The molecule has 2 nitrogen and oxygen atoms in total. The second-order valence-electron chi connectivity index (χ2n) is 9.70. The maximum Gasteiger partial charge on any atom is 0.0700 e. The number of hydrogen-bond acceptors (Lipinski definition) is 2. The van der Waals surface area contributed by atoms with Crippen LogP contribution in [0.4, 0.5) is 0 Å². The Morgan fingerprint density at radius 3 is 2.45 bits per heavy atom. The summed E-state index contributed by atoms with van der Waals surface area (Å²) in [5.74, 6) is 1.64. The summed E-state index contributed by atoms with van der Waals surface area (Å²) in [4.78, 5) is 0. The molecule has 0 spiro atoms. The van der Waals surface area contributed by atoms with Crippen LogP contribution < -0.4 is 5.32 Å². The number of nitriles is 1. The van der Waals surface area contributed by atoms with Gasteiger partial charge in [0.2, 0.25) is 0 Å². The Hall–Kier alpha value is -2.27. The van der Waals surface area contributed by atoms with E-state index in [1.54, 1.807) is 0 Å². The largest absolute Gasteiger partial charge is 0.382 e. The second-order valence-corrected chi connectivity index (χ2v) is 9.70. The van der Waals surface area contributed by atoms with Crippen molar-refractivity contribution in [3.05, 3.63) is 73.0 Å². The molecule has 0 radical (unpaired) electrons. The molecule has 0 aliphatic heterocycles. The molecule has 2 heteroatoms. The fourth-order valence-corrected chi connectivity index (χ4v) is 4.99. The van der Waals surface area contributed by atoms with Crippen molar-refractivity contribution in [2.24, 2.45) is 29.6 Å². The number of hydrogen-bond donors (Lipinski definition) is 1. The Morgan fingerprint density at radius 2 is 1.87 bits per heavy atom. The minimum atomic E-state index is -0.117. The molecule has 1 N–H and O–H groups in total. The van der Waals surface area contributed by atoms with Gasteiger partial charge in [-0.25, -0.2) is 0 Å². The first-order chi connectivity index (χ1) is 15.0. The van der Waals surface area contributed by atoms with Gasteiger partial charge in [0.15, 0.2) is 0 Å². The van der Waals surface area contributed by atoms with Gasteiger partial charge in [-0.15, -0.1) is 6.58 Å². The summed E-state index contributed by atoms with van der Waals surface area (Å²) in [5, 5.41) is 13.7. The Morgan fingerprint density at radius 1 is 1.19 bits per heavy atom. The van der Waals surface area contributed by atoms with Gasteiger partial charge in [0, 0.05) is 17.7 Å². The molecular weight excluding hydrogens is 376 g/mol. The van der Waals surface area contributed by atoms with Gasteiger partial charge in [0.25, 0.3) is 0 Å². The van der Waals surface area contributed by atoms with Crippen LogP contribution in [-0.4, -0.2) is 0 Å². The fraction of sp³-hybridized carbons (Fsp3) is 0.552. The summed E-state index contributed by atoms with van der Waals surface area (Å²) in [6, 6.07) is 13.3. The predicted octanol–water partition coefficient (Wildman–Crippen LogP) is 7.98. The molecule has 1 aliphatic rings. The molecule has 4 atom stereocenters. The first-order valence-electron chi connectivity index (χ1n) is 12.1. The average molecular weight is 419 g/mol. The molecule has 1 aromatic rings. The monoisotopic (exact) mass is 418 g/mol. The number of rotatable bonds is 13. The number of benzene rings is 1. The summed E-state index contributed by atoms with van der Waals surface area (Å²) < 4.78 is 0. The van der Waals surface area contributed by atoms with E-state index in [9.17, 15) is 5.26 Å². The van der Waals surface area contributed by atoms with E-state index in [0.29, 0.717) is 5.92 Å². The molecule has 31 heavy (non-hydrogen) atoms. The quantitative estimate of drug-likeness (QED) is 0.330. The highest BCUT2D eigenvalue weighted by Crippen LogP contribution is 2.36. The average Bonchev–Trinajstić information content (AvgIpc) is 3.28. The number of nitrogens with zero attached hydrogens (tertiary/aromatic N) is 1. The highest BCUT2D eigenvalue weighted by atomic mass is 14.9. The molecule has 0 bridgehead atoms. The van der Waals surface area contributed by atoms with Crippen LogP contribution in [0.15, 0.2) is 67.4 Å². The van der Waals surface area contributed by atoms with Crippen LogP contribution in [0.3, 0.4) is 0 Å². The van der Waals surface area contributed by atoms with E-state index in [1.165, 1.54) is 31.2 Å². The minimum absolute atomic E-state index is 0.117. The molecular formula is C29H42N2. The lowest BCUT2D eigenvalue weighted by Gasteiger charge is -2.33. The zero-order valence-corrected chi connectivity index (χ0v) is 19.9. The second kappa shape index (κ2) is 13.2. The van der Waals surface area contributed by atoms with Crippen molar-refractivity contribution in [1.29, 1.82) is 5.26 Å². The van der Waals surface area contributed by atoms with Crippen molar-refractivity contribution in [2.75, 3.05) is 0 Å². The third kappa shape index (κ3) is 8.06. The lowest BCUT2D eigenvalue weighted by Crippen LogP contribution is -2.31. The van der Waals surface area contributed by atoms with Gasteiger partial charge >= 0.3 is 0 Å². The van der Waals surface area contributed by atoms with E-state index >= 15 is 0 Å². The molecule has 1 fully saturated rings. The highest BCUT2D eigenvalue weighted by Gasteiger charge is 2.30. The Balaban J connectivity index is 2.16. The molecule has 1 saturated carbocycles. The van der Waals surface area contributed by atoms with Gasteiger partial charge in [-0.05, 0) is 49.5 Å². The molecule has 0 saturated heterocycles. The topological polar surface area (TPSA) is 35.8 Å². The van der Waals surface area contributed by atoms with E-state index in [2.05, 4.69) is 81.7 Å². The van der Waals surface area contributed by atoms with Gasteiger partial charge in [-0.2, -0.15) is 5.26 Å². The summed E-state index contributed by atoms with van der Waals surface area (Å²) in [5.41, 5.74) is 2.29. The summed E-state index contributed by atoms with van der Waals surface area (Å²) >= 11 is 0. The lowest BCUT2D eigenvalue weighted by atomic mass is 9.74. The normalized spacial score (nSPS) is 18.4. The van der Waals surface area contributed by atoms with Crippen LogP contribution in [0.2, 0.25) is 0 Å². The van der Waals surface area contributed by atoms with Crippen molar-refractivity contribution in [3.63, 3.8) is 0 Å². The van der Waals surface area contributed by atoms with E-state index in [1.807, 2.05) is 12.1 Å². The first-order valence-corrected chi connectivity index (χ1v) is 12.1. The Kier molecular flexibility index (Phi) is 10.6. The van der Waals surface area contributed by atoms with E-state index in [0.717, 1.165) is 30.9 Å². The molecule has 2 rings (SSSR count). The maximum absolute atomic E-state index is 10.1. The van der Waals surface area contributed by atoms with Gasteiger partial charge in [-0.3, -0.25) is 0 Å². The van der Waals surface area contributed by atoms with Gasteiger partial charge in [-0.1, -0.05) is 94.7 Å². The zero-order chi connectivity index (χ0) is 22.6. The van der Waals surface area contributed by atoms with Crippen LogP contribution in [0.1, 0.15) is 77.3 Å².